The fraction of sp³-hybridized carbons (Fsp3) is 0.500. The molecule has 1 heterocycles. The first-order valence-corrected chi connectivity index (χ1v) is 3.07. The Bertz CT molecular complexity index is 170. The second kappa shape index (κ2) is 12.0. The van der Waals surface area contributed by atoms with Crippen molar-refractivity contribution in [3.05, 3.63) is 0 Å². The molecule has 0 radical (unpaired) electrons. The lowest BCUT2D eigenvalue weighted by molar-refractivity contribution is -0.119. The van der Waals surface area contributed by atoms with E-state index < -0.39 is 0 Å². The zero-order valence-corrected chi connectivity index (χ0v) is 6.35. The molecule has 0 aromatic heterocycles. The summed E-state index contributed by atoms with van der Waals surface area (Å²) in [4.78, 5) is 26.8. The third kappa shape index (κ3) is 15.7. The van der Waals surface area contributed by atoms with Crippen molar-refractivity contribution in [2.45, 2.75) is 12.8 Å². The molecule has 0 aromatic rings. The van der Waals surface area contributed by atoms with Crippen LogP contribution in [-0.2, 0) is 14.4 Å². The summed E-state index contributed by atoms with van der Waals surface area (Å²) >= 11 is 0. The van der Waals surface area contributed by atoms with Crippen LogP contribution in [-0.4, -0.2) is 24.6 Å². The summed E-state index contributed by atoms with van der Waals surface area (Å²) in [7, 11) is 0. The zero-order valence-electron chi connectivity index (χ0n) is 6.35. The summed E-state index contributed by atoms with van der Waals surface area (Å²) in [5.74, 6) is 0.204. The molecular weight excluding hydrogens is 162 g/mol. The fourth-order valence-electron chi connectivity index (χ4n) is 0.565. The van der Waals surface area contributed by atoms with Crippen LogP contribution in [0.4, 0.5) is 0 Å². The number of amides is 1. The van der Waals surface area contributed by atoms with Gasteiger partial charge in [0.15, 0.2) is 0 Å². The summed E-state index contributed by atoms with van der Waals surface area (Å²) in [6.45, 7) is 0.888. The fourth-order valence-corrected chi connectivity index (χ4v) is 0.565. The van der Waals surface area contributed by atoms with Gasteiger partial charge in [0.1, 0.15) is 0 Å². The summed E-state index contributed by atoms with van der Waals surface area (Å²) in [5, 5.41) is 13.5. The first-order valence-electron chi connectivity index (χ1n) is 3.07. The third-order valence-corrected chi connectivity index (χ3v) is 0.903. The standard InChI is InChI=1S/C4H7NO.2CHNO/c6-4-2-1-3-5-4;2*2-1-3/h1-3H2,(H,5,6);2*2H. The first kappa shape index (κ1) is 12.9. The Morgan fingerprint density at radius 2 is 1.67 bits per heavy atom. The molecule has 0 aromatic carbocycles. The van der Waals surface area contributed by atoms with Gasteiger partial charge in [-0.2, -0.15) is 0 Å². The largest absolute Gasteiger partial charge is 0.356 e. The Hall–Kier alpha value is -1.77. The lowest BCUT2D eigenvalue weighted by atomic mass is 10.4. The molecule has 0 unspecified atom stereocenters. The van der Waals surface area contributed by atoms with Gasteiger partial charge in [-0.3, -0.25) is 4.79 Å². The van der Waals surface area contributed by atoms with Crippen molar-refractivity contribution in [2.75, 3.05) is 6.54 Å². The van der Waals surface area contributed by atoms with Crippen LogP contribution in [0.25, 0.3) is 0 Å². The number of isocyanates is 2. The van der Waals surface area contributed by atoms with Crippen molar-refractivity contribution >= 4 is 18.1 Å². The van der Waals surface area contributed by atoms with Gasteiger partial charge in [0.05, 0.1) is 0 Å². The van der Waals surface area contributed by atoms with Gasteiger partial charge in [0, 0.05) is 13.0 Å². The van der Waals surface area contributed by atoms with E-state index in [1.807, 2.05) is 0 Å². The quantitative estimate of drug-likeness (QED) is 0.343. The Morgan fingerprint density at radius 1 is 1.25 bits per heavy atom. The average Bonchev–Trinajstić information content (AvgIpc) is 2.43. The van der Waals surface area contributed by atoms with E-state index in [0.29, 0.717) is 0 Å². The van der Waals surface area contributed by atoms with Crippen LogP contribution in [0.1, 0.15) is 12.8 Å². The summed E-state index contributed by atoms with van der Waals surface area (Å²) in [6, 6.07) is 0. The highest BCUT2D eigenvalue weighted by Gasteiger charge is 2.05. The molecule has 0 bridgehead atoms. The van der Waals surface area contributed by atoms with Crippen molar-refractivity contribution in [2.24, 2.45) is 0 Å². The molecule has 12 heavy (non-hydrogen) atoms. The van der Waals surface area contributed by atoms with Gasteiger partial charge in [-0.15, -0.1) is 0 Å². The van der Waals surface area contributed by atoms with E-state index in [9.17, 15) is 4.79 Å². The number of carbonyl (C=O) groups excluding carboxylic acids is 3. The van der Waals surface area contributed by atoms with E-state index in [0.717, 1.165) is 31.5 Å². The van der Waals surface area contributed by atoms with Gasteiger partial charge in [0.25, 0.3) is 0 Å². The van der Waals surface area contributed by atoms with Gasteiger partial charge in [-0.05, 0) is 6.42 Å². The van der Waals surface area contributed by atoms with Gasteiger partial charge < -0.3 is 5.32 Å². The number of hydrogen-bond acceptors (Lipinski definition) is 5. The summed E-state index contributed by atoms with van der Waals surface area (Å²) < 4.78 is 0. The van der Waals surface area contributed by atoms with E-state index in [1.54, 1.807) is 0 Å². The van der Waals surface area contributed by atoms with Crippen LogP contribution < -0.4 is 5.32 Å². The molecule has 1 rings (SSSR count). The van der Waals surface area contributed by atoms with Gasteiger partial charge >= 0.3 is 0 Å². The smallest absolute Gasteiger partial charge is 0.231 e. The lowest BCUT2D eigenvalue weighted by Crippen LogP contribution is -2.12. The van der Waals surface area contributed by atoms with Gasteiger partial charge in [-0.25, -0.2) is 20.4 Å². The van der Waals surface area contributed by atoms with Crippen LogP contribution in [0.3, 0.4) is 0 Å². The highest BCUT2D eigenvalue weighted by molar-refractivity contribution is 5.77. The molecular formula is C6H9N3O3. The second-order valence-electron chi connectivity index (χ2n) is 1.66. The van der Waals surface area contributed by atoms with Crippen LogP contribution in [0.5, 0.6) is 0 Å². The maximum absolute atomic E-state index is 10.1. The predicted molar refractivity (Wildman–Crippen MR) is 39.1 cm³/mol. The van der Waals surface area contributed by atoms with E-state index in [1.165, 1.54) is 0 Å². The van der Waals surface area contributed by atoms with Crippen molar-refractivity contribution in [3.8, 4) is 0 Å². The van der Waals surface area contributed by atoms with Crippen LogP contribution in [0.15, 0.2) is 0 Å². The van der Waals surface area contributed by atoms with Crippen LogP contribution in [0, 0.1) is 10.8 Å². The molecule has 0 atom stereocenters. The summed E-state index contributed by atoms with van der Waals surface area (Å²) in [5.41, 5.74) is 0. The Balaban J connectivity index is 0. The highest BCUT2D eigenvalue weighted by Crippen LogP contribution is 1.93. The molecule has 0 spiro atoms. The third-order valence-electron chi connectivity index (χ3n) is 0.903. The van der Waals surface area contributed by atoms with Crippen molar-refractivity contribution in [1.29, 1.82) is 10.8 Å². The molecule has 1 aliphatic rings. The molecule has 0 saturated carbocycles. The monoisotopic (exact) mass is 171 g/mol. The number of hydrogen-bond donors (Lipinski definition) is 3. The second-order valence-corrected chi connectivity index (χ2v) is 1.66. The molecule has 1 fully saturated rings. The average molecular weight is 171 g/mol. The van der Waals surface area contributed by atoms with Crippen molar-refractivity contribution in [1.82, 2.24) is 5.32 Å². The summed E-state index contributed by atoms with van der Waals surface area (Å²) in [6.07, 6.45) is 3.26. The van der Waals surface area contributed by atoms with Crippen LogP contribution in [0.2, 0.25) is 0 Å². The minimum absolute atomic E-state index is 0.204. The molecule has 66 valence electrons. The van der Waals surface area contributed by atoms with E-state index in [2.05, 4.69) is 5.32 Å². The minimum atomic E-state index is 0.204. The Morgan fingerprint density at radius 3 is 1.75 bits per heavy atom. The van der Waals surface area contributed by atoms with Crippen molar-refractivity contribution < 1.29 is 14.4 Å². The predicted octanol–water partition coefficient (Wildman–Crippen LogP) is -0.302. The molecule has 1 amide bonds. The molecule has 1 aliphatic heterocycles. The lowest BCUT2D eigenvalue weighted by Gasteiger charge is -1.80. The highest BCUT2D eigenvalue weighted by atomic mass is 16.1. The van der Waals surface area contributed by atoms with Crippen LogP contribution >= 0.6 is 0 Å². The molecule has 1 saturated heterocycles. The SMILES string of the molecule is N=C=O.N=C=O.O=C1CCCN1. The zero-order chi connectivity index (χ0) is 9.82. The minimum Gasteiger partial charge on any atom is -0.356 e. The Kier molecular flexibility index (Phi) is 12.8. The molecule has 6 heteroatoms. The molecule has 6 nitrogen and oxygen atoms in total. The maximum Gasteiger partial charge on any atom is 0.231 e. The number of carbonyl (C=O) groups is 1. The van der Waals surface area contributed by atoms with Crippen molar-refractivity contribution in [3.63, 3.8) is 0 Å². The molecule has 3 N–H and O–H groups in total. The van der Waals surface area contributed by atoms with E-state index in [4.69, 9.17) is 20.4 Å². The topological polar surface area (TPSA) is 111 Å². The normalized spacial score (nSPS) is 11.8. The van der Waals surface area contributed by atoms with Gasteiger partial charge in [0.2, 0.25) is 18.1 Å². The maximum atomic E-state index is 10.1. The van der Waals surface area contributed by atoms with E-state index in [-0.39, 0.29) is 5.91 Å². The first-order chi connectivity index (χ1) is 5.72. The number of rotatable bonds is 0. The van der Waals surface area contributed by atoms with Gasteiger partial charge in [-0.1, -0.05) is 0 Å². The Labute approximate surface area is 69.0 Å². The number of nitrogens with one attached hydrogen (secondary N) is 3. The van der Waals surface area contributed by atoms with E-state index >= 15 is 0 Å². The molecule has 0 aliphatic carbocycles.